The Balaban J connectivity index is 1.90. The molecule has 0 aliphatic heterocycles. The second-order valence-electron chi connectivity index (χ2n) is 4.23. The molecule has 4 heteroatoms. The molecule has 0 aromatic carbocycles. The molecule has 17 heavy (non-hydrogen) atoms. The number of aliphatic hydroxyl groups excluding tert-OH is 1. The fourth-order valence-electron chi connectivity index (χ4n) is 1.81. The van der Waals surface area contributed by atoms with Crippen LogP contribution in [-0.4, -0.2) is 14.9 Å². The number of aromatic nitrogens is 2. The van der Waals surface area contributed by atoms with Crippen molar-refractivity contribution in [2.75, 3.05) is 0 Å². The number of nitrogens with zero attached hydrogens (tertiary/aromatic N) is 2. The van der Waals surface area contributed by atoms with Crippen LogP contribution in [0.25, 0.3) is 0 Å². The van der Waals surface area contributed by atoms with E-state index >= 15 is 0 Å². The van der Waals surface area contributed by atoms with Crippen LogP contribution in [0.1, 0.15) is 36.5 Å². The Labute approximate surface area is 101 Å². The summed E-state index contributed by atoms with van der Waals surface area (Å²) in [6, 6.07) is 3.77. The average molecular weight is 234 g/mol. The van der Waals surface area contributed by atoms with Gasteiger partial charge < -0.3 is 9.52 Å². The van der Waals surface area contributed by atoms with Crippen molar-refractivity contribution < 1.29 is 9.52 Å². The van der Waals surface area contributed by atoms with Crippen LogP contribution < -0.4 is 0 Å². The Kier molecular flexibility index (Phi) is 3.64. The number of rotatable bonds is 5. The lowest BCUT2D eigenvalue weighted by Gasteiger charge is -2.06. The van der Waals surface area contributed by atoms with Crippen molar-refractivity contribution in [2.45, 2.75) is 32.3 Å². The first kappa shape index (κ1) is 11.9. The second kappa shape index (κ2) is 5.19. The maximum atomic E-state index is 9.98. The van der Waals surface area contributed by atoms with Gasteiger partial charge in [-0.25, -0.2) is 0 Å². The first-order chi connectivity index (χ1) is 8.19. The Morgan fingerprint density at radius 1 is 1.47 bits per heavy atom. The normalized spacial score (nSPS) is 12.9. The van der Waals surface area contributed by atoms with Gasteiger partial charge in [0.25, 0.3) is 0 Å². The summed E-state index contributed by atoms with van der Waals surface area (Å²) in [5.74, 6) is 1.58. The lowest BCUT2D eigenvalue weighted by atomic mass is 10.1. The minimum atomic E-state index is -0.532. The Morgan fingerprint density at radius 2 is 2.29 bits per heavy atom. The average Bonchev–Trinajstić information content (AvgIpc) is 2.94. The van der Waals surface area contributed by atoms with Crippen molar-refractivity contribution in [2.24, 2.45) is 7.05 Å². The highest BCUT2D eigenvalue weighted by Crippen LogP contribution is 2.21. The third kappa shape index (κ3) is 2.97. The molecular formula is C13H18N2O2. The van der Waals surface area contributed by atoms with Crippen LogP contribution in [0.15, 0.2) is 28.9 Å². The minimum Gasteiger partial charge on any atom is -0.463 e. The number of hydrogen-bond acceptors (Lipinski definition) is 3. The Hall–Kier alpha value is -1.55. The van der Waals surface area contributed by atoms with Gasteiger partial charge in [0.05, 0.1) is 6.20 Å². The van der Waals surface area contributed by atoms with Gasteiger partial charge in [-0.1, -0.05) is 6.92 Å². The highest BCUT2D eigenvalue weighted by Gasteiger charge is 2.12. The third-order valence-electron chi connectivity index (χ3n) is 2.82. The van der Waals surface area contributed by atoms with E-state index in [0.29, 0.717) is 12.2 Å². The predicted molar refractivity (Wildman–Crippen MR) is 64.6 cm³/mol. The zero-order valence-corrected chi connectivity index (χ0v) is 10.3. The Morgan fingerprint density at radius 3 is 2.88 bits per heavy atom. The summed E-state index contributed by atoms with van der Waals surface area (Å²) in [5.41, 5.74) is 1.13. The summed E-state index contributed by atoms with van der Waals surface area (Å²) in [6.45, 7) is 2.03. The minimum absolute atomic E-state index is 0.532. The maximum Gasteiger partial charge on any atom is 0.132 e. The Bertz CT molecular complexity index is 473. The van der Waals surface area contributed by atoms with Crippen molar-refractivity contribution in [3.63, 3.8) is 0 Å². The smallest absolute Gasteiger partial charge is 0.132 e. The molecule has 92 valence electrons. The van der Waals surface area contributed by atoms with Crippen LogP contribution in [0.2, 0.25) is 0 Å². The summed E-state index contributed by atoms with van der Waals surface area (Å²) in [4.78, 5) is 0. The number of aliphatic hydroxyl groups is 1. The molecular weight excluding hydrogens is 216 g/mol. The molecule has 0 spiro atoms. The molecule has 0 fully saturated rings. The maximum absolute atomic E-state index is 9.98. The molecule has 0 radical (unpaired) electrons. The van der Waals surface area contributed by atoms with Crippen molar-refractivity contribution in [3.05, 3.63) is 41.6 Å². The fraction of sp³-hybridized carbons (Fsp3) is 0.462. The van der Waals surface area contributed by atoms with Gasteiger partial charge in [-0.05, 0) is 30.5 Å². The topological polar surface area (TPSA) is 51.2 Å². The van der Waals surface area contributed by atoms with Gasteiger partial charge in [0.1, 0.15) is 17.6 Å². The molecule has 0 saturated carbocycles. The molecule has 4 nitrogen and oxygen atoms in total. The lowest BCUT2D eigenvalue weighted by molar-refractivity contribution is 0.139. The monoisotopic (exact) mass is 234 g/mol. The molecule has 2 aromatic rings. The fourth-order valence-corrected chi connectivity index (χ4v) is 1.81. The molecule has 1 unspecified atom stereocenters. The lowest BCUT2D eigenvalue weighted by Crippen LogP contribution is -1.97. The zero-order valence-electron chi connectivity index (χ0n) is 10.3. The largest absolute Gasteiger partial charge is 0.463 e. The van der Waals surface area contributed by atoms with Crippen LogP contribution in [0, 0.1) is 0 Å². The van der Waals surface area contributed by atoms with Gasteiger partial charge in [0.15, 0.2) is 0 Å². The summed E-state index contributed by atoms with van der Waals surface area (Å²) >= 11 is 0. The molecule has 0 aliphatic rings. The van der Waals surface area contributed by atoms with Crippen LogP contribution in [0.4, 0.5) is 0 Å². The van der Waals surface area contributed by atoms with Gasteiger partial charge in [0, 0.05) is 19.7 Å². The molecule has 0 bridgehead atoms. The summed E-state index contributed by atoms with van der Waals surface area (Å²) in [6.07, 6.45) is 5.57. The highest BCUT2D eigenvalue weighted by molar-refractivity contribution is 5.10. The SMILES string of the molecule is CCc1ccc(C(O)CCc2cnn(C)c2)o1. The van der Waals surface area contributed by atoms with Crippen molar-refractivity contribution in [1.82, 2.24) is 9.78 Å². The van der Waals surface area contributed by atoms with E-state index in [1.54, 1.807) is 4.68 Å². The second-order valence-corrected chi connectivity index (χ2v) is 4.23. The number of hydrogen-bond donors (Lipinski definition) is 1. The highest BCUT2D eigenvalue weighted by atomic mass is 16.4. The molecule has 2 aromatic heterocycles. The van der Waals surface area contributed by atoms with E-state index in [-0.39, 0.29) is 0 Å². The van der Waals surface area contributed by atoms with E-state index in [0.717, 1.165) is 24.2 Å². The van der Waals surface area contributed by atoms with Crippen LogP contribution >= 0.6 is 0 Å². The number of furan rings is 1. The van der Waals surface area contributed by atoms with E-state index in [1.807, 2.05) is 38.5 Å². The summed E-state index contributed by atoms with van der Waals surface area (Å²) in [5, 5.41) is 14.1. The van der Waals surface area contributed by atoms with Gasteiger partial charge >= 0.3 is 0 Å². The van der Waals surface area contributed by atoms with Gasteiger partial charge in [-0.2, -0.15) is 5.10 Å². The summed E-state index contributed by atoms with van der Waals surface area (Å²) < 4.78 is 7.29. The molecule has 1 atom stereocenters. The predicted octanol–water partition coefficient (Wildman–Crippen LogP) is 2.24. The van der Waals surface area contributed by atoms with E-state index in [2.05, 4.69) is 5.10 Å². The standard InChI is InChI=1S/C13H18N2O2/c1-3-11-5-7-13(17-11)12(16)6-4-10-8-14-15(2)9-10/h5,7-9,12,16H,3-4,6H2,1-2H3. The van der Waals surface area contributed by atoms with Crippen LogP contribution in [0.5, 0.6) is 0 Å². The van der Waals surface area contributed by atoms with Crippen molar-refractivity contribution in [1.29, 1.82) is 0 Å². The third-order valence-corrected chi connectivity index (χ3v) is 2.82. The van der Waals surface area contributed by atoms with E-state index in [4.69, 9.17) is 4.42 Å². The van der Waals surface area contributed by atoms with Crippen molar-refractivity contribution >= 4 is 0 Å². The number of aryl methyl sites for hydroxylation is 3. The molecule has 2 rings (SSSR count). The molecule has 0 aliphatic carbocycles. The van der Waals surface area contributed by atoms with Crippen molar-refractivity contribution in [3.8, 4) is 0 Å². The first-order valence-electron chi connectivity index (χ1n) is 5.93. The van der Waals surface area contributed by atoms with Crippen LogP contribution in [0.3, 0.4) is 0 Å². The first-order valence-corrected chi connectivity index (χ1v) is 5.93. The summed E-state index contributed by atoms with van der Waals surface area (Å²) in [7, 11) is 1.89. The van der Waals surface area contributed by atoms with Crippen LogP contribution in [-0.2, 0) is 19.9 Å². The van der Waals surface area contributed by atoms with E-state index in [1.165, 1.54) is 0 Å². The van der Waals surface area contributed by atoms with Gasteiger partial charge in [0.2, 0.25) is 0 Å². The molecule has 0 saturated heterocycles. The zero-order chi connectivity index (χ0) is 12.3. The molecule has 2 heterocycles. The quantitative estimate of drug-likeness (QED) is 0.863. The van der Waals surface area contributed by atoms with E-state index in [9.17, 15) is 5.11 Å². The van der Waals surface area contributed by atoms with Gasteiger partial charge in [-0.15, -0.1) is 0 Å². The molecule has 1 N–H and O–H groups in total. The van der Waals surface area contributed by atoms with E-state index < -0.39 is 6.10 Å². The molecule has 0 amide bonds. The van der Waals surface area contributed by atoms with Gasteiger partial charge in [-0.3, -0.25) is 4.68 Å².